The van der Waals surface area contributed by atoms with E-state index in [2.05, 4.69) is 9.82 Å². The topological polar surface area (TPSA) is 73.2 Å². The van der Waals surface area contributed by atoms with E-state index in [1.807, 2.05) is 60.0 Å². The molecular weight excluding hydrogens is 406 g/mol. The van der Waals surface area contributed by atoms with Crippen molar-refractivity contribution in [3.05, 3.63) is 83.9 Å². The van der Waals surface area contributed by atoms with Gasteiger partial charge in [0, 0.05) is 6.54 Å². The lowest BCUT2D eigenvalue weighted by atomic mass is 10.2. The Morgan fingerprint density at radius 2 is 1.79 bits per heavy atom. The third-order valence-corrected chi connectivity index (χ3v) is 6.65. The van der Waals surface area contributed by atoms with Crippen molar-refractivity contribution in [2.24, 2.45) is 0 Å². The summed E-state index contributed by atoms with van der Waals surface area (Å²) in [6, 6.07) is 20.4. The summed E-state index contributed by atoms with van der Waals surface area (Å²) in [6.07, 6.45) is 1.56. The summed E-state index contributed by atoms with van der Waals surface area (Å²) in [5.41, 5.74) is 2.07. The monoisotopic (exact) mass is 425 g/mol. The van der Waals surface area contributed by atoms with Crippen molar-refractivity contribution < 1.29 is 13.2 Å². The Kier molecular flexibility index (Phi) is 5.48. The fourth-order valence-electron chi connectivity index (χ4n) is 2.85. The number of nitrogens with one attached hydrogen (secondary N) is 1. The van der Waals surface area contributed by atoms with Crippen LogP contribution in [0.2, 0.25) is 0 Å². The Morgan fingerprint density at radius 1 is 1.03 bits per heavy atom. The van der Waals surface area contributed by atoms with Gasteiger partial charge in [0.25, 0.3) is 0 Å². The highest BCUT2D eigenvalue weighted by Crippen LogP contribution is 2.30. The molecule has 148 valence electrons. The molecule has 4 aromatic rings. The van der Waals surface area contributed by atoms with E-state index in [4.69, 9.17) is 4.74 Å². The van der Waals surface area contributed by atoms with E-state index >= 15 is 0 Å². The molecule has 2 heterocycles. The van der Waals surface area contributed by atoms with Crippen LogP contribution in [0.15, 0.2) is 83.2 Å². The average molecular weight is 426 g/mol. The zero-order valence-corrected chi connectivity index (χ0v) is 17.3. The number of aromatic nitrogens is 2. The standard InChI is InChI=1S/C21H19N3O3S2/c1-27-18-11-9-16(10-12-18)14-22-29(25,26)20-15-24(17-6-3-2-4-7-17)23-21(20)19-8-5-13-28-19/h2-13,15,22H,14H2,1H3. The number of thiophene rings is 1. The highest BCUT2D eigenvalue weighted by atomic mass is 32.2. The molecule has 0 saturated heterocycles. The minimum Gasteiger partial charge on any atom is -0.497 e. The van der Waals surface area contributed by atoms with Crippen LogP contribution < -0.4 is 9.46 Å². The molecule has 29 heavy (non-hydrogen) atoms. The van der Waals surface area contributed by atoms with E-state index in [-0.39, 0.29) is 11.4 Å². The minimum atomic E-state index is -3.78. The van der Waals surface area contributed by atoms with Gasteiger partial charge < -0.3 is 4.74 Å². The highest BCUT2D eigenvalue weighted by Gasteiger charge is 2.24. The van der Waals surface area contributed by atoms with E-state index in [1.165, 1.54) is 11.3 Å². The van der Waals surface area contributed by atoms with Gasteiger partial charge in [-0.25, -0.2) is 17.8 Å². The van der Waals surface area contributed by atoms with Gasteiger partial charge in [-0.3, -0.25) is 0 Å². The molecular formula is C21H19N3O3S2. The number of hydrogen-bond acceptors (Lipinski definition) is 5. The lowest BCUT2D eigenvalue weighted by Crippen LogP contribution is -2.23. The van der Waals surface area contributed by atoms with Crippen LogP contribution in [0.5, 0.6) is 5.75 Å². The molecule has 6 nitrogen and oxygen atoms in total. The molecule has 0 saturated carbocycles. The first-order valence-electron chi connectivity index (χ1n) is 8.88. The molecule has 0 unspecified atom stereocenters. The van der Waals surface area contributed by atoms with Gasteiger partial charge in [0.05, 0.1) is 23.9 Å². The number of benzene rings is 2. The van der Waals surface area contributed by atoms with Crippen molar-refractivity contribution >= 4 is 21.4 Å². The van der Waals surface area contributed by atoms with Crippen molar-refractivity contribution in [2.75, 3.05) is 7.11 Å². The number of nitrogens with zero attached hydrogens (tertiary/aromatic N) is 2. The third kappa shape index (κ3) is 4.24. The van der Waals surface area contributed by atoms with Crippen LogP contribution in [-0.4, -0.2) is 25.3 Å². The maximum absolute atomic E-state index is 13.1. The summed E-state index contributed by atoms with van der Waals surface area (Å²) in [4.78, 5) is 0.946. The normalized spacial score (nSPS) is 11.5. The summed E-state index contributed by atoms with van der Waals surface area (Å²) >= 11 is 1.45. The van der Waals surface area contributed by atoms with Crippen LogP contribution in [0.4, 0.5) is 0 Å². The summed E-state index contributed by atoms with van der Waals surface area (Å²) in [5, 5.41) is 6.46. The van der Waals surface area contributed by atoms with Crippen LogP contribution in [0.1, 0.15) is 5.56 Å². The van der Waals surface area contributed by atoms with Gasteiger partial charge >= 0.3 is 0 Å². The number of methoxy groups -OCH3 is 1. The maximum Gasteiger partial charge on any atom is 0.244 e. The van der Waals surface area contributed by atoms with Crippen LogP contribution in [-0.2, 0) is 16.6 Å². The zero-order valence-electron chi connectivity index (χ0n) is 15.6. The fourth-order valence-corrected chi connectivity index (χ4v) is 4.80. The Balaban J connectivity index is 1.67. The Labute approximate surface area is 173 Å². The Hall–Kier alpha value is -2.94. The molecule has 0 fully saturated rings. The summed E-state index contributed by atoms with van der Waals surface area (Å²) < 4.78 is 35.6. The predicted molar refractivity (Wildman–Crippen MR) is 114 cm³/mol. The Bertz CT molecular complexity index is 1180. The van der Waals surface area contributed by atoms with Gasteiger partial charge in [0.2, 0.25) is 10.0 Å². The molecule has 8 heteroatoms. The molecule has 0 spiro atoms. The van der Waals surface area contributed by atoms with Crippen LogP contribution in [0.3, 0.4) is 0 Å². The minimum absolute atomic E-state index is 0.150. The number of rotatable bonds is 7. The SMILES string of the molecule is COc1ccc(CNS(=O)(=O)c2cn(-c3ccccc3)nc2-c2cccs2)cc1. The average Bonchev–Trinajstić information content (AvgIpc) is 3.43. The molecule has 4 rings (SSSR count). The second-order valence-electron chi connectivity index (χ2n) is 6.27. The first kappa shape index (κ1) is 19.4. The lowest BCUT2D eigenvalue weighted by molar-refractivity contribution is 0.414. The van der Waals surface area contributed by atoms with Crippen molar-refractivity contribution in [1.82, 2.24) is 14.5 Å². The Morgan fingerprint density at radius 3 is 2.45 bits per heavy atom. The van der Waals surface area contributed by atoms with Gasteiger partial charge in [0.1, 0.15) is 16.3 Å². The molecule has 0 bridgehead atoms. The first-order chi connectivity index (χ1) is 14.1. The molecule has 2 aromatic heterocycles. The highest BCUT2D eigenvalue weighted by molar-refractivity contribution is 7.89. The molecule has 1 N–H and O–H groups in total. The summed E-state index contributed by atoms with van der Waals surface area (Å²) in [6.45, 7) is 0.173. The number of ether oxygens (including phenoxy) is 1. The van der Waals surface area contributed by atoms with E-state index < -0.39 is 10.0 Å². The number of para-hydroxylation sites is 1. The molecule has 0 amide bonds. The fraction of sp³-hybridized carbons (Fsp3) is 0.0952. The van der Waals surface area contributed by atoms with Gasteiger partial charge in [-0.1, -0.05) is 36.4 Å². The van der Waals surface area contributed by atoms with Crippen LogP contribution in [0, 0.1) is 0 Å². The van der Waals surface area contributed by atoms with E-state index in [0.717, 1.165) is 21.9 Å². The van der Waals surface area contributed by atoms with E-state index in [1.54, 1.807) is 30.1 Å². The maximum atomic E-state index is 13.1. The van der Waals surface area contributed by atoms with Crippen molar-refractivity contribution in [3.8, 4) is 22.0 Å². The third-order valence-electron chi connectivity index (χ3n) is 4.37. The molecule has 0 aliphatic rings. The largest absolute Gasteiger partial charge is 0.497 e. The zero-order chi connectivity index (χ0) is 20.3. The molecule has 0 aliphatic heterocycles. The summed E-state index contributed by atoms with van der Waals surface area (Å²) in [5.74, 6) is 0.723. The number of hydrogen-bond donors (Lipinski definition) is 1. The lowest BCUT2D eigenvalue weighted by Gasteiger charge is -2.07. The van der Waals surface area contributed by atoms with Gasteiger partial charge in [-0.05, 0) is 41.3 Å². The number of sulfonamides is 1. The van der Waals surface area contributed by atoms with E-state index in [0.29, 0.717) is 5.69 Å². The van der Waals surface area contributed by atoms with Crippen molar-refractivity contribution in [3.63, 3.8) is 0 Å². The van der Waals surface area contributed by atoms with Crippen LogP contribution >= 0.6 is 11.3 Å². The van der Waals surface area contributed by atoms with Gasteiger partial charge in [0.15, 0.2) is 0 Å². The van der Waals surface area contributed by atoms with Crippen molar-refractivity contribution in [1.29, 1.82) is 0 Å². The second kappa shape index (κ2) is 8.20. The molecule has 0 atom stereocenters. The van der Waals surface area contributed by atoms with Gasteiger partial charge in [-0.15, -0.1) is 11.3 Å². The summed E-state index contributed by atoms with van der Waals surface area (Å²) in [7, 11) is -2.18. The van der Waals surface area contributed by atoms with Crippen molar-refractivity contribution in [2.45, 2.75) is 11.4 Å². The molecule has 0 aliphatic carbocycles. The van der Waals surface area contributed by atoms with E-state index in [9.17, 15) is 8.42 Å². The molecule has 0 radical (unpaired) electrons. The smallest absolute Gasteiger partial charge is 0.244 e. The van der Waals surface area contributed by atoms with Gasteiger partial charge in [-0.2, -0.15) is 5.10 Å². The second-order valence-corrected chi connectivity index (χ2v) is 8.96. The molecule has 2 aromatic carbocycles. The first-order valence-corrected chi connectivity index (χ1v) is 11.2. The quantitative estimate of drug-likeness (QED) is 0.484. The van der Waals surface area contributed by atoms with Crippen LogP contribution in [0.25, 0.3) is 16.3 Å². The predicted octanol–water partition coefficient (Wildman–Crippen LogP) is 4.09.